The fraction of sp³-hybridized carbons (Fsp3) is 0.500. The van der Waals surface area contributed by atoms with Crippen LogP contribution in [0.2, 0.25) is 0 Å². The lowest BCUT2D eigenvalue weighted by Crippen LogP contribution is -2.43. The topological polar surface area (TPSA) is 76.7 Å². The van der Waals surface area contributed by atoms with Crippen LogP contribution in [0.15, 0.2) is 30.3 Å². The molecule has 0 spiro atoms. The Kier molecular flexibility index (Phi) is 6.69. The lowest BCUT2D eigenvalue weighted by Gasteiger charge is -2.21. The summed E-state index contributed by atoms with van der Waals surface area (Å²) in [6, 6.07) is 9.14. The number of carbonyl (C=O) groups excluding carboxylic acids is 2. The molecular weight excluding hydrogens is 284 g/mol. The molecule has 0 saturated heterocycles. The molecule has 0 aliphatic heterocycles. The summed E-state index contributed by atoms with van der Waals surface area (Å²) in [5.41, 5.74) is 0.368. The Morgan fingerprint density at radius 1 is 1.14 bits per heavy atom. The highest BCUT2D eigenvalue weighted by molar-refractivity contribution is 5.69. The van der Waals surface area contributed by atoms with Gasteiger partial charge in [-0.25, -0.2) is 9.59 Å². The SMILES string of the molecule is C[C@@H](CNC(=O)OC(C)(C)C)NC(=O)OCc1ccccc1. The summed E-state index contributed by atoms with van der Waals surface area (Å²) in [6.07, 6.45) is -1.04. The van der Waals surface area contributed by atoms with Crippen molar-refractivity contribution in [2.24, 2.45) is 0 Å². The molecule has 22 heavy (non-hydrogen) atoms. The number of amides is 2. The molecule has 0 bridgehead atoms. The second kappa shape index (κ2) is 8.26. The molecule has 0 saturated carbocycles. The Hall–Kier alpha value is -2.24. The first-order valence-corrected chi connectivity index (χ1v) is 7.20. The number of ether oxygens (including phenoxy) is 2. The molecule has 122 valence electrons. The second-order valence-corrected chi connectivity index (χ2v) is 5.99. The van der Waals surface area contributed by atoms with Crippen LogP contribution in [-0.2, 0) is 16.1 Å². The first-order chi connectivity index (χ1) is 10.3. The number of nitrogens with one attached hydrogen (secondary N) is 2. The van der Waals surface area contributed by atoms with Crippen molar-refractivity contribution in [2.75, 3.05) is 6.54 Å². The van der Waals surface area contributed by atoms with Gasteiger partial charge in [0.25, 0.3) is 0 Å². The number of hydrogen-bond donors (Lipinski definition) is 2. The van der Waals surface area contributed by atoms with Crippen LogP contribution in [0.3, 0.4) is 0 Å². The van der Waals surface area contributed by atoms with Crippen molar-refractivity contribution >= 4 is 12.2 Å². The third kappa shape index (κ3) is 8.14. The highest BCUT2D eigenvalue weighted by atomic mass is 16.6. The highest BCUT2D eigenvalue weighted by Crippen LogP contribution is 2.06. The van der Waals surface area contributed by atoms with E-state index in [2.05, 4.69) is 10.6 Å². The maximum absolute atomic E-state index is 11.6. The summed E-state index contributed by atoms with van der Waals surface area (Å²) >= 11 is 0. The number of hydrogen-bond acceptors (Lipinski definition) is 4. The molecule has 1 aromatic carbocycles. The van der Waals surface area contributed by atoms with E-state index in [1.54, 1.807) is 27.7 Å². The van der Waals surface area contributed by atoms with Crippen LogP contribution in [0.1, 0.15) is 33.3 Å². The Labute approximate surface area is 131 Å². The van der Waals surface area contributed by atoms with Crippen LogP contribution in [0, 0.1) is 0 Å². The molecule has 1 aromatic rings. The van der Waals surface area contributed by atoms with E-state index < -0.39 is 17.8 Å². The number of carbonyl (C=O) groups is 2. The summed E-state index contributed by atoms with van der Waals surface area (Å²) < 4.78 is 10.2. The minimum Gasteiger partial charge on any atom is -0.445 e. The lowest BCUT2D eigenvalue weighted by molar-refractivity contribution is 0.0521. The molecule has 6 heteroatoms. The predicted molar refractivity (Wildman–Crippen MR) is 83.5 cm³/mol. The van der Waals surface area contributed by atoms with Crippen molar-refractivity contribution in [3.05, 3.63) is 35.9 Å². The molecule has 2 N–H and O–H groups in total. The molecule has 0 heterocycles. The van der Waals surface area contributed by atoms with E-state index >= 15 is 0 Å². The predicted octanol–water partition coefficient (Wildman–Crippen LogP) is 2.83. The fourth-order valence-corrected chi connectivity index (χ4v) is 1.57. The van der Waals surface area contributed by atoms with E-state index in [1.165, 1.54) is 0 Å². The quantitative estimate of drug-likeness (QED) is 0.877. The van der Waals surface area contributed by atoms with Gasteiger partial charge in [-0.05, 0) is 33.3 Å². The largest absolute Gasteiger partial charge is 0.445 e. The summed E-state index contributed by atoms with van der Waals surface area (Å²) in [4.78, 5) is 23.1. The number of alkyl carbamates (subject to hydrolysis) is 2. The molecule has 1 atom stereocenters. The van der Waals surface area contributed by atoms with Crippen molar-refractivity contribution in [2.45, 2.75) is 45.9 Å². The van der Waals surface area contributed by atoms with Gasteiger partial charge in [0.1, 0.15) is 12.2 Å². The van der Waals surface area contributed by atoms with E-state index in [1.807, 2.05) is 30.3 Å². The van der Waals surface area contributed by atoms with Gasteiger partial charge in [0.2, 0.25) is 0 Å². The van der Waals surface area contributed by atoms with Crippen LogP contribution in [0.25, 0.3) is 0 Å². The van der Waals surface area contributed by atoms with E-state index in [0.717, 1.165) is 5.56 Å². The summed E-state index contributed by atoms with van der Waals surface area (Å²) in [7, 11) is 0. The zero-order valence-corrected chi connectivity index (χ0v) is 13.5. The third-order valence-electron chi connectivity index (χ3n) is 2.53. The Morgan fingerprint density at radius 3 is 2.36 bits per heavy atom. The van der Waals surface area contributed by atoms with Crippen molar-refractivity contribution in [3.63, 3.8) is 0 Å². The molecule has 0 aliphatic rings. The molecule has 0 fully saturated rings. The van der Waals surface area contributed by atoms with Gasteiger partial charge < -0.3 is 20.1 Å². The zero-order chi connectivity index (χ0) is 16.6. The van der Waals surface area contributed by atoms with Gasteiger partial charge in [0.15, 0.2) is 0 Å². The highest BCUT2D eigenvalue weighted by Gasteiger charge is 2.17. The molecular formula is C16H24N2O4. The standard InChI is InChI=1S/C16H24N2O4/c1-12(10-17-14(19)22-16(2,3)4)18-15(20)21-11-13-8-6-5-7-9-13/h5-9,12H,10-11H2,1-4H3,(H,17,19)(H,18,20)/t12-/m0/s1. The van der Waals surface area contributed by atoms with Crippen LogP contribution in [0.4, 0.5) is 9.59 Å². The van der Waals surface area contributed by atoms with Gasteiger partial charge in [-0.3, -0.25) is 0 Å². The Morgan fingerprint density at radius 2 is 1.77 bits per heavy atom. The molecule has 6 nitrogen and oxygen atoms in total. The van der Waals surface area contributed by atoms with Gasteiger partial charge in [-0.15, -0.1) is 0 Å². The fourth-order valence-electron chi connectivity index (χ4n) is 1.57. The Balaban J connectivity index is 2.22. The normalized spacial score (nSPS) is 12.2. The summed E-state index contributed by atoms with van der Waals surface area (Å²) in [5, 5.41) is 5.22. The van der Waals surface area contributed by atoms with Crippen LogP contribution < -0.4 is 10.6 Å². The molecule has 0 aliphatic carbocycles. The molecule has 0 radical (unpaired) electrons. The second-order valence-electron chi connectivity index (χ2n) is 5.99. The van der Waals surface area contributed by atoms with Gasteiger partial charge >= 0.3 is 12.2 Å². The van der Waals surface area contributed by atoms with Crippen molar-refractivity contribution in [1.82, 2.24) is 10.6 Å². The Bertz CT molecular complexity index is 483. The summed E-state index contributed by atoms with van der Waals surface area (Å²) in [6.45, 7) is 7.59. The first kappa shape index (κ1) is 17.8. The maximum Gasteiger partial charge on any atom is 0.407 e. The van der Waals surface area contributed by atoms with Crippen molar-refractivity contribution in [1.29, 1.82) is 0 Å². The molecule has 1 rings (SSSR count). The van der Waals surface area contributed by atoms with E-state index in [9.17, 15) is 9.59 Å². The molecule has 0 unspecified atom stereocenters. The van der Waals surface area contributed by atoms with Gasteiger partial charge in [-0.2, -0.15) is 0 Å². The smallest absolute Gasteiger partial charge is 0.407 e. The molecule has 2 amide bonds. The van der Waals surface area contributed by atoms with Gasteiger partial charge in [0.05, 0.1) is 0 Å². The van der Waals surface area contributed by atoms with Crippen LogP contribution in [-0.4, -0.2) is 30.4 Å². The maximum atomic E-state index is 11.6. The van der Waals surface area contributed by atoms with Crippen LogP contribution in [0.5, 0.6) is 0 Å². The third-order valence-corrected chi connectivity index (χ3v) is 2.53. The van der Waals surface area contributed by atoms with E-state index in [-0.39, 0.29) is 19.2 Å². The molecule has 0 aromatic heterocycles. The zero-order valence-electron chi connectivity index (χ0n) is 13.5. The van der Waals surface area contributed by atoms with Crippen LogP contribution >= 0.6 is 0 Å². The van der Waals surface area contributed by atoms with Gasteiger partial charge in [0, 0.05) is 12.6 Å². The van der Waals surface area contributed by atoms with Crippen molar-refractivity contribution < 1.29 is 19.1 Å². The number of rotatable bonds is 5. The number of benzene rings is 1. The monoisotopic (exact) mass is 308 g/mol. The lowest BCUT2D eigenvalue weighted by atomic mass is 10.2. The van der Waals surface area contributed by atoms with E-state index in [0.29, 0.717) is 0 Å². The van der Waals surface area contributed by atoms with E-state index in [4.69, 9.17) is 9.47 Å². The average Bonchev–Trinajstić information content (AvgIpc) is 2.42. The first-order valence-electron chi connectivity index (χ1n) is 7.20. The average molecular weight is 308 g/mol. The minimum atomic E-state index is -0.546. The van der Waals surface area contributed by atoms with Crippen molar-refractivity contribution in [3.8, 4) is 0 Å². The minimum absolute atomic E-state index is 0.207. The summed E-state index contributed by atoms with van der Waals surface area (Å²) in [5.74, 6) is 0. The van der Waals surface area contributed by atoms with Gasteiger partial charge in [-0.1, -0.05) is 30.3 Å².